The van der Waals surface area contributed by atoms with Gasteiger partial charge >= 0.3 is 0 Å². The summed E-state index contributed by atoms with van der Waals surface area (Å²) in [5.74, 6) is 0.107. The Balaban J connectivity index is 0.00000176. The van der Waals surface area contributed by atoms with Gasteiger partial charge in [-0.05, 0) is 50.9 Å². The van der Waals surface area contributed by atoms with Crippen LogP contribution >= 0.6 is 12.4 Å². The fraction of sp³-hybridized carbons (Fsp3) is 0.938. The lowest BCUT2D eigenvalue weighted by atomic mass is 9.68. The highest BCUT2D eigenvalue weighted by atomic mass is 35.5. The molecule has 3 rings (SSSR count). The first-order valence-electron chi connectivity index (χ1n) is 8.42. The summed E-state index contributed by atoms with van der Waals surface area (Å²) >= 11 is 0. The van der Waals surface area contributed by atoms with E-state index in [4.69, 9.17) is 9.47 Å². The molecular formula is C16H29ClN2O3. The third-order valence-corrected chi connectivity index (χ3v) is 5.55. The van der Waals surface area contributed by atoms with Crippen molar-refractivity contribution in [3.05, 3.63) is 0 Å². The Bertz CT molecular complexity index is 364. The fourth-order valence-electron chi connectivity index (χ4n) is 4.00. The smallest absolute Gasteiger partial charge is 0.240 e. The molecule has 0 aromatic carbocycles. The van der Waals surface area contributed by atoms with Crippen LogP contribution in [0.5, 0.6) is 0 Å². The molecule has 2 saturated heterocycles. The number of hydrogen-bond acceptors (Lipinski definition) is 4. The molecule has 0 aromatic heterocycles. The van der Waals surface area contributed by atoms with Crippen LogP contribution in [0.2, 0.25) is 0 Å². The van der Waals surface area contributed by atoms with Crippen LogP contribution in [0.15, 0.2) is 0 Å². The predicted octanol–water partition coefficient (Wildman–Crippen LogP) is 1.64. The van der Waals surface area contributed by atoms with E-state index in [0.717, 1.165) is 32.6 Å². The van der Waals surface area contributed by atoms with Gasteiger partial charge in [-0.3, -0.25) is 4.79 Å². The summed E-state index contributed by atoms with van der Waals surface area (Å²) in [5, 5.41) is 6.49. The van der Waals surface area contributed by atoms with E-state index in [2.05, 4.69) is 10.6 Å². The molecule has 0 aromatic rings. The Kier molecular flexibility index (Phi) is 6.50. The topological polar surface area (TPSA) is 59.6 Å². The van der Waals surface area contributed by atoms with Crippen LogP contribution in [0.1, 0.15) is 45.4 Å². The van der Waals surface area contributed by atoms with Crippen LogP contribution in [0.3, 0.4) is 0 Å². The van der Waals surface area contributed by atoms with Crippen molar-refractivity contribution in [2.24, 2.45) is 5.41 Å². The lowest BCUT2D eigenvalue weighted by Gasteiger charge is -2.43. The van der Waals surface area contributed by atoms with E-state index in [1.54, 1.807) is 0 Å². The van der Waals surface area contributed by atoms with Gasteiger partial charge in [-0.1, -0.05) is 0 Å². The molecule has 0 unspecified atom stereocenters. The summed E-state index contributed by atoms with van der Waals surface area (Å²) in [6, 6.07) is 0.139. The number of ether oxygens (including phenoxy) is 2. The summed E-state index contributed by atoms with van der Waals surface area (Å²) in [5.41, 5.74) is 0.499. The van der Waals surface area contributed by atoms with E-state index in [1.165, 1.54) is 25.7 Å². The molecule has 2 aliphatic heterocycles. The molecular weight excluding hydrogens is 304 g/mol. The van der Waals surface area contributed by atoms with Gasteiger partial charge in [0.25, 0.3) is 0 Å². The van der Waals surface area contributed by atoms with Crippen molar-refractivity contribution in [3.63, 3.8) is 0 Å². The molecule has 1 saturated carbocycles. The number of amides is 1. The second-order valence-electron chi connectivity index (χ2n) is 6.90. The first kappa shape index (κ1) is 18.0. The molecule has 2 atom stereocenters. The van der Waals surface area contributed by atoms with Crippen molar-refractivity contribution in [2.45, 2.75) is 63.6 Å². The minimum atomic E-state index is -0.197. The normalized spacial score (nSPS) is 32.2. The molecule has 2 N–H and O–H groups in total. The predicted molar refractivity (Wildman–Crippen MR) is 87.3 cm³/mol. The summed E-state index contributed by atoms with van der Waals surface area (Å²) in [7, 11) is 0. The minimum absolute atomic E-state index is 0. The largest absolute Gasteiger partial charge is 0.381 e. The lowest BCUT2D eigenvalue weighted by molar-refractivity contribution is -0.130. The maximum absolute atomic E-state index is 12.4. The molecule has 1 amide bonds. The van der Waals surface area contributed by atoms with Crippen LogP contribution < -0.4 is 10.6 Å². The van der Waals surface area contributed by atoms with Crippen LogP contribution in [-0.4, -0.2) is 50.5 Å². The minimum Gasteiger partial charge on any atom is -0.381 e. The zero-order valence-electron chi connectivity index (χ0n) is 13.4. The van der Waals surface area contributed by atoms with Crippen LogP contribution in [-0.2, 0) is 14.3 Å². The number of carbonyl (C=O) groups is 1. The summed E-state index contributed by atoms with van der Waals surface area (Å²) in [6.07, 6.45) is 7.02. The lowest BCUT2D eigenvalue weighted by Crippen LogP contribution is -2.57. The van der Waals surface area contributed by atoms with Gasteiger partial charge in [-0.2, -0.15) is 0 Å². The van der Waals surface area contributed by atoms with Crippen molar-refractivity contribution in [3.8, 4) is 0 Å². The van der Waals surface area contributed by atoms with Gasteiger partial charge in [0.1, 0.15) is 6.04 Å². The molecule has 2 heterocycles. The van der Waals surface area contributed by atoms with E-state index < -0.39 is 0 Å². The third kappa shape index (κ3) is 4.13. The Morgan fingerprint density at radius 3 is 2.45 bits per heavy atom. The quantitative estimate of drug-likeness (QED) is 0.807. The SMILES string of the molecule is C[C@H]1OCCN[C@@H]1C(=O)NC1CCC2(CCOCC2)CC1.Cl. The Morgan fingerprint density at radius 2 is 1.82 bits per heavy atom. The monoisotopic (exact) mass is 332 g/mol. The molecule has 0 bridgehead atoms. The second kappa shape index (κ2) is 7.95. The van der Waals surface area contributed by atoms with Crippen molar-refractivity contribution < 1.29 is 14.3 Å². The number of rotatable bonds is 2. The number of morpholine rings is 1. The highest BCUT2D eigenvalue weighted by Crippen LogP contribution is 2.44. The Morgan fingerprint density at radius 1 is 1.14 bits per heavy atom. The van der Waals surface area contributed by atoms with E-state index in [1.807, 2.05) is 6.92 Å². The molecule has 1 aliphatic carbocycles. The number of nitrogens with one attached hydrogen (secondary N) is 2. The van der Waals surface area contributed by atoms with Crippen molar-refractivity contribution in [1.29, 1.82) is 0 Å². The van der Waals surface area contributed by atoms with Gasteiger partial charge in [-0.25, -0.2) is 0 Å². The fourth-order valence-corrected chi connectivity index (χ4v) is 4.00. The van der Waals surface area contributed by atoms with Gasteiger partial charge in [0, 0.05) is 25.8 Å². The van der Waals surface area contributed by atoms with E-state index >= 15 is 0 Å². The standard InChI is InChI=1S/C16H28N2O3.ClH/c1-12-14(17-8-11-21-12)15(19)18-13-2-4-16(5-3-13)6-9-20-10-7-16;/h12-14,17H,2-11H2,1H3,(H,18,19);1H/t12-,14+;/m1./s1. The Labute approximate surface area is 139 Å². The molecule has 1 spiro atoms. The Hall–Kier alpha value is -0.360. The van der Waals surface area contributed by atoms with Gasteiger partial charge in [-0.15, -0.1) is 12.4 Å². The molecule has 6 heteroatoms. The van der Waals surface area contributed by atoms with Crippen molar-refractivity contribution in [2.75, 3.05) is 26.4 Å². The number of carbonyl (C=O) groups excluding carboxylic acids is 1. The molecule has 5 nitrogen and oxygen atoms in total. The van der Waals surface area contributed by atoms with Crippen LogP contribution in [0, 0.1) is 5.41 Å². The molecule has 3 aliphatic rings. The van der Waals surface area contributed by atoms with Gasteiger partial charge < -0.3 is 20.1 Å². The summed E-state index contributed by atoms with van der Waals surface area (Å²) in [6.45, 7) is 5.25. The highest BCUT2D eigenvalue weighted by Gasteiger charge is 2.38. The average molecular weight is 333 g/mol. The number of halogens is 1. The van der Waals surface area contributed by atoms with E-state index in [9.17, 15) is 4.79 Å². The molecule has 22 heavy (non-hydrogen) atoms. The van der Waals surface area contributed by atoms with Gasteiger partial charge in [0.15, 0.2) is 0 Å². The molecule has 128 valence electrons. The summed E-state index contributed by atoms with van der Waals surface area (Å²) < 4.78 is 11.0. The van der Waals surface area contributed by atoms with E-state index in [0.29, 0.717) is 18.1 Å². The first-order valence-corrected chi connectivity index (χ1v) is 8.42. The molecule has 0 radical (unpaired) electrons. The maximum Gasteiger partial charge on any atom is 0.240 e. The van der Waals surface area contributed by atoms with Crippen LogP contribution in [0.25, 0.3) is 0 Å². The van der Waals surface area contributed by atoms with E-state index in [-0.39, 0.29) is 30.5 Å². The zero-order valence-corrected chi connectivity index (χ0v) is 14.3. The second-order valence-corrected chi connectivity index (χ2v) is 6.90. The van der Waals surface area contributed by atoms with Crippen molar-refractivity contribution in [1.82, 2.24) is 10.6 Å². The highest BCUT2D eigenvalue weighted by molar-refractivity contribution is 5.85. The van der Waals surface area contributed by atoms with Crippen LogP contribution in [0.4, 0.5) is 0 Å². The van der Waals surface area contributed by atoms with Gasteiger partial charge in [0.2, 0.25) is 5.91 Å². The maximum atomic E-state index is 12.4. The average Bonchev–Trinajstić information content (AvgIpc) is 2.51. The zero-order chi connectivity index (χ0) is 14.7. The van der Waals surface area contributed by atoms with Gasteiger partial charge in [0.05, 0.1) is 12.7 Å². The summed E-state index contributed by atoms with van der Waals surface area (Å²) in [4.78, 5) is 12.4. The number of hydrogen-bond donors (Lipinski definition) is 2. The first-order chi connectivity index (χ1) is 10.2. The third-order valence-electron chi connectivity index (χ3n) is 5.55. The van der Waals surface area contributed by atoms with Crippen molar-refractivity contribution >= 4 is 18.3 Å². The molecule has 3 fully saturated rings.